The summed E-state index contributed by atoms with van der Waals surface area (Å²) < 4.78 is 0. The van der Waals surface area contributed by atoms with Gasteiger partial charge in [0, 0.05) is 19.2 Å². The zero-order valence-corrected chi connectivity index (χ0v) is 11.8. The van der Waals surface area contributed by atoms with E-state index in [1.54, 1.807) is 6.07 Å². The summed E-state index contributed by atoms with van der Waals surface area (Å²) in [6, 6.07) is 5.06. The van der Waals surface area contributed by atoms with Gasteiger partial charge in [-0.25, -0.2) is 0 Å². The van der Waals surface area contributed by atoms with Gasteiger partial charge in [0.1, 0.15) is 5.69 Å². The van der Waals surface area contributed by atoms with E-state index < -0.39 is 4.92 Å². The molecule has 0 amide bonds. The Bertz CT molecular complexity index is 472. The highest BCUT2D eigenvalue weighted by molar-refractivity contribution is 5.65. The first-order valence-electron chi connectivity index (χ1n) is 7.03. The van der Waals surface area contributed by atoms with Crippen molar-refractivity contribution in [2.24, 2.45) is 11.8 Å². The standard InChI is InChI=1S/C14H22N4O2/c1-17(9-11-5-2-3-6-11)10-12-7-4-8-13(18(19)20)14(12)16-15/h4,7-8,11,16H,2-3,5-6,9-10,15H2,1H3. The molecule has 0 aliphatic heterocycles. The molecule has 1 aliphatic carbocycles. The Morgan fingerprint density at radius 2 is 2.15 bits per heavy atom. The van der Waals surface area contributed by atoms with E-state index in [2.05, 4.69) is 17.4 Å². The summed E-state index contributed by atoms with van der Waals surface area (Å²) in [6.45, 7) is 1.70. The van der Waals surface area contributed by atoms with Crippen LogP contribution in [0.25, 0.3) is 0 Å². The fourth-order valence-corrected chi connectivity index (χ4v) is 3.03. The van der Waals surface area contributed by atoms with Gasteiger partial charge in [-0.3, -0.25) is 16.0 Å². The Hall–Kier alpha value is -1.66. The van der Waals surface area contributed by atoms with E-state index in [4.69, 9.17) is 5.84 Å². The van der Waals surface area contributed by atoms with Gasteiger partial charge in [0.15, 0.2) is 0 Å². The number of nitro benzene ring substituents is 1. The van der Waals surface area contributed by atoms with Crippen LogP contribution in [0.1, 0.15) is 31.2 Å². The summed E-state index contributed by atoms with van der Waals surface area (Å²) in [5.74, 6) is 6.21. The molecule has 0 bridgehead atoms. The summed E-state index contributed by atoms with van der Waals surface area (Å²) in [4.78, 5) is 12.8. The molecule has 1 fully saturated rings. The number of nitrogens with zero attached hydrogens (tertiary/aromatic N) is 2. The SMILES string of the molecule is CN(Cc1cccc([N+](=O)[O-])c1NN)CC1CCCC1. The fourth-order valence-electron chi connectivity index (χ4n) is 3.03. The summed E-state index contributed by atoms with van der Waals surface area (Å²) in [6.07, 6.45) is 5.23. The highest BCUT2D eigenvalue weighted by Crippen LogP contribution is 2.29. The summed E-state index contributed by atoms with van der Waals surface area (Å²) in [7, 11) is 2.05. The Morgan fingerprint density at radius 1 is 1.45 bits per heavy atom. The maximum atomic E-state index is 11.0. The second-order valence-electron chi connectivity index (χ2n) is 5.56. The largest absolute Gasteiger partial charge is 0.318 e. The van der Waals surface area contributed by atoms with Gasteiger partial charge in [-0.05, 0) is 31.4 Å². The number of nitrogens with one attached hydrogen (secondary N) is 1. The predicted octanol–water partition coefficient (Wildman–Crippen LogP) is 2.50. The Labute approximate surface area is 119 Å². The first-order chi connectivity index (χ1) is 9.61. The lowest BCUT2D eigenvalue weighted by Gasteiger charge is -2.21. The molecule has 3 N–H and O–H groups in total. The number of rotatable bonds is 6. The average molecular weight is 278 g/mol. The lowest BCUT2D eigenvalue weighted by molar-refractivity contribution is -0.384. The number of hydrogen-bond acceptors (Lipinski definition) is 5. The number of nitro groups is 1. The molecule has 0 heterocycles. The van der Waals surface area contributed by atoms with Gasteiger partial charge in [-0.15, -0.1) is 0 Å². The Morgan fingerprint density at radius 3 is 2.75 bits per heavy atom. The van der Waals surface area contributed by atoms with Gasteiger partial charge in [0.05, 0.1) is 4.92 Å². The second-order valence-corrected chi connectivity index (χ2v) is 5.56. The maximum Gasteiger partial charge on any atom is 0.293 e. The monoisotopic (exact) mass is 278 g/mol. The van der Waals surface area contributed by atoms with Gasteiger partial charge < -0.3 is 10.3 Å². The molecule has 1 saturated carbocycles. The lowest BCUT2D eigenvalue weighted by atomic mass is 10.1. The third kappa shape index (κ3) is 3.46. The van der Waals surface area contributed by atoms with Gasteiger partial charge in [0.2, 0.25) is 0 Å². The van der Waals surface area contributed by atoms with Crippen molar-refractivity contribution in [1.82, 2.24) is 4.90 Å². The minimum Gasteiger partial charge on any atom is -0.318 e. The number of hydrazine groups is 1. The highest BCUT2D eigenvalue weighted by atomic mass is 16.6. The topological polar surface area (TPSA) is 84.4 Å². The van der Waals surface area contributed by atoms with E-state index in [0.717, 1.165) is 18.0 Å². The first kappa shape index (κ1) is 14.7. The van der Waals surface area contributed by atoms with Crippen molar-refractivity contribution in [3.63, 3.8) is 0 Å². The van der Waals surface area contributed by atoms with E-state index in [9.17, 15) is 10.1 Å². The maximum absolute atomic E-state index is 11.0. The normalized spacial score (nSPS) is 15.8. The van der Waals surface area contributed by atoms with E-state index in [1.165, 1.54) is 31.7 Å². The van der Waals surface area contributed by atoms with Crippen molar-refractivity contribution in [3.05, 3.63) is 33.9 Å². The zero-order valence-electron chi connectivity index (χ0n) is 11.8. The molecule has 0 aromatic heterocycles. The molecule has 0 radical (unpaired) electrons. The second kappa shape index (κ2) is 6.67. The molecule has 0 atom stereocenters. The number of nitrogens with two attached hydrogens (primary N) is 1. The summed E-state index contributed by atoms with van der Waals surface area (Å²) >= 11 is 0. The molecule has 0 saturated heterocycles. The van der Waals surface area contributed by atoms with E-state index >= 15 is 0 Å². The number of nitrogen functional groups attached to an aromatic ring is 1. The molecule has 1 aromatic carbocycles. The highest BCUT2D eigenvalue weighted by Gasteiger charge is 2.20. The molecule has 1 aromatic rings. The van der Waals surface area contributed by atoms with Crippen molar-refractivity contribution in [2.75, 3.05) is 19.0 Å². The van der Waals surface area contributed by atoms with Gasteiger partial charge in [-0.1, -0.05) is 25.0 Å². The molecule has 0 unspecified atom stereocenters. The summed E-state index contributed by atoms with van der Waals surface area (Å²) in [5.41, 5.74) is 3.78. The molecule has 20 heavy (non-hydrogen) atoms. The molecule has 6 nitrogen and oxygen atoms in total. The molecule has 0 spiro atoms. The van der Waals surface area contributed by atoms with E-state index in [1.807, 2.05) is 6.07 Å². The van der Waals surface area contributed by atoms with Crippen LogP contribution >= 0.6 is 0 Å². The smallest absolute Gasteiger partial charge is 0.293 e. The molecule has 110 valence electrons. The number of hydrogen-bond donors (Lipinski definition) is 2. The Kier molecular flexibility index (Phi) is 4.92. The minimum absolute atomic E-state index is 0.0271. The number of para-hydroxylation sites is 1. The molecule has 1 aliphatic rings. The third-order valence-corrected chi connectivity index (χ3v) is 3.95. The van der Waals surface area contributed by atoms with Crippen LogP contribution in [-0.2, 0) is 6.54 Å². The van der Waals surface area contributed by atoms with Crippen LogP contribution in [0.15, 0.2) is 18.2 Å². The van der Waals surface area contributed by atoms with Crippen molar-refractivity contribution >= 4 is 11.4 Å². The molecular weight excluding hydrogens is 256 g/mol. The first-order valence-corrected chi connectivity index (χ1v) is 7.03. The number of benzene rings is 1. The lowest BCUT2D eigenvalue weighted by Crippen LogP contribution is -2.25. The summed E-state index contributed by atoms with van der Waals surface area (Å²) in [5, 5.41) is 11.0. The Balaban J connectivity index is 2.07. The fraction of sp³-hybridized carbons (Fsp3) is 0.571. The van der Waals surface area contributed by atoms with Crippen LogP contribution in [0.3, 0.4) is 0 Å². The third-order valence-electron chi connectivity index (χ3n) is 3.95. The van der Waals surface area contributed by atoms with Gasteiger partial charge in [0.25, 0.3) is 5.69 Å². The van der Waals surface area contributed by atoms with Crippen molar-refractivity contribution in [1.29, 1.82) is 0 Å². The van der Waals surface area contributed by atoms with Gasteiger partial charge >= 0.3 is 0 Å². The van der Waals surface area contributed by atoms with Crippen molar-refractivity contribution in [2.45, 2.75) is 32.2 Å². The quantitative estimate of drug-likeness (QED) is 0.474. The number of anilines is 1. The van der Waals surface area contributed by atoms with E-state index in [0.29, 0.717) is 12.2 Å². The molecular formula is C14H22N4O2. The van der Waals surface area contributed by atoms with E-state index in [-0.39, 0.29) is 5.69 Å². The van der Waals surface area contributed by atoms with Crippen molar-refractivity contribution in [3.8, 4) is 0 Å². The van der Waals surface area contributed by atoms with Gasteiger partial charge in [-0.2, -0.15) is 0 Å². The van der Waals surface area contributed by atoms with Crippen LogP contribution in [0.5, 0.6) is 0 Å². The molecule has 6 heteroatoms. The van der Waals surface area contributed by atoms with Crippen LogP contribution in [0, 0.1) is 16.0 Å². The van der Waals surface area contributed by atoms with Crippen LogP contribution in [0.4, 0.5) is 11.4 Å². The van der Waals surface area contributed by atoms with Crippen LogP contribution < -0.4 is 11.3 Å². The minimum atomic E-state index is -0.407. The van der Waals surface area contributed by atoms with Crippen LogP contribution in [0.2, 0.25) is 0 Å². The molecule has 2 rings (SSSR count). The average Bonchev–Trinajstić information content (AvgIpc) is 2.91. The van der Waals surface area contributed by atoms with Crippen molar-refractivity contribution < 1.29 is 4.92 Å². The zero-order chi connectivity index (χ0) is 14.5. The predicted molar refractivity (Wildman–Crippen MR) is 79.2 cm³/mol. The van der Waals surface area contributed by atoms with Crippen LogP contribution in [-0.4, -0.2) is 23.4 Å².